The number of hydrogen-bond acceptors (Lipinski definition) is 4. The standard InChI is InChI=1S/C21H18FN5O2S/c1-29-18-9-4-6-15(12-18)20-24-26(21(30)27(20)25-10-2-3-11-25)14-19(28)23-17-8-5-7-16(22)13-17/h2-13H,14H2,1H3,(H,23,28). The highest BCUT2D eigenvalue weighted by Gasteiger charge is 2.17. The molecule has 2 heterocycles. The van der Waals surface area contributed by atoms with E-state index in [1.807, 2.05) is 48.8 Å². The first-order valence-electron chi connectivity index (χ1n) is 9.08. The quantitative estimate of drug-likeness (QED) is 0.477. The van der Waals surface area contributed by atoms with E-state index in [1.54, 1.807) is 22.5 Å². The summed E-state index contributed by atoms with van der Waals surface area (Å²) in [7, 11) is 1.59. The minimum atomic E-state index is -0.429. The van der Waals surface area contributed by atoms with Crippen LogP contribution in [-0.4, -0.2) is 32.1 Å². The van der Waals surface area contributed by atoms with Crippen molar-refractivity contribution in [2.24, 2.45) is 0 Å². The van der Waals surface area contributed by atoms with Crippen LogP contribution in [0.25, 0.3) is 11.4 Å². The molecule has 0 atom stereocenters. The molecule has 2 aromatic heterocycles. The fourth-order valence-corrected chi connectivity index (χ4v) is 3.30. The molecule has 1 amide bonds. The predicted octanol–water partition coefficient (Wildman–Crippen LogP) is 3.98. The second kappa shape index (κ2) is 8.34. The van der Waals surface area contributed by atoms with E-state index < -0.39 is 5.82 Å². The van der Waals surface area contributed by atoms with Gasteiger partial charge in [0.15, 0.2) is 5.82 Å². The first-order valence-corrected chi connectivity index (χ1v) is 9.49. The zero-order chi connectivity index (χ0) is 21.1. The van der Waals surface area contributed by atoms with Gasteiger partial charge in [-0.3, -0.25) is 9.47 Å². The van der Waals surface area contributed by atoms with Crippen LogP contribution in [-0.2, 0) is 11.3 Å². The first kappa shape index (κ1) is 19.6. The molecule has 0 radical (unpaired) electrons. The maximum atomic E-state index is 13.4. The second-order valence-electron chi connectivity index (χ2n) is 6.43. The number of benzene rings is 2. The van der Waals surface area contributed by atoms with Gasteiger partial charge in [0.1, 0.15) is 18.1 Å². The van der Waals surface area contributed by atoms with Crippen molar-refractivity contribution in [3.8, 4) is 17.1 Å². The highest BCUT2D eigenvalue weighted by molar-refractivity contribution is 7.71. The number of halogens is 1. The third-order valence-electron chi connectivity index (χ3n) is 4.37. The molecule has 7 nitrogen and oxygen atoms in total. The molecule has 0 aliphatic carbocycles. The molecule has 0 bridgehead atoms. The largest absolute Gasteiger partial charge is 0.497 e. The van der Waals surface area contributed by atoms with Crippen molar-refractivity contribution in [3.63, 3.8) is 0 Å². The molecule has 0 fully saturated rings. The number of methoxy groups -OCH3 is 1. The van der Waals surface area contributed by atoms with Crippen LogP contribution in [0.15, 0.2) is 73.1 Å². The van der Waals surface area contributed by atoms with E-state index in [9.17, 15) is 9.18 Å². The van der Waals surface area contributed by atoms with Crippen molar-refractivity contribution in [1.82, 2.24) is 19.1 Å². The minimum absolute atomic E-state index is 0.124. The number of nitrogens with one attached hydrogen (secondary N) is 1. The summed E-state index contributed by atoms with van der Waals surface area (Å²) in [5, 5.41) is 7.23. The molecule has 0 saturated carbocycles. The molecule has 0 saturated heterocycles. The van der Waals surface area contributed by atoms with Gasteiger partial charge in [-0.1, -0.05) is 18.2 Å². The molecule has 30 heavy (non-hydrogen) atoms. The summed E-state index contributed by atoms with van der Waals surface area (Å²) in [6, 6.07) is 16.8. The van der Waals surface area contributed by atoms with E-state index in [0.29, 0.717) is 22.0 Å². The summed E-state index contributed by atoms with van der Waals surface area (Å²) >= 11 is 5.60. The van der Waals surface area contributed by atoms with E-state index in [1.165, 1.54) is 22.9 Å². The number of hydrogen-bond donors (Lipinski definition) is 1. The lowest BCUT2D eigenvalue weighted by molar-refractivity contribution is -0.116. The number of rotatable bonds is 6. The molecule has 1 N–H and O–H groups in total. The number of anilines is 1. The van der Waals surface area contributed by atoms with E-state index >= 15 is 0 Å². The zero-order valence-electron chi connectivity index (χ0n) is 16.0. The molecule has 9 heteroatoms. The van der Waals surface area contributed by atoms with Gasteiger partial charge in [0, 0.05) is 23.6 Å². The Labute approximate surface area is 176 Å². The Hall–Kier alpha value is -3.72. The van der Waals surface area contributed by atoms with Crippen molar-refractivity contribution in [2.45, 2.75) is 6.54 Å². The van der Waals surface area contributed by atoms with Crippen LogP contribution in [0.1, 0.15) is 0 Å². The van der Waals surface area contributed by atoms with Crippen LogP contribution in [0.2, 0.25) is 0 Å². The van der Waals surface area contributed by atoms with Crippen molar-refractivity contribution in [2.75, 3.05) is 12.4 Å². The Kier molecular flexibility index (Phi) is 5.44. The Morgan fingerprint density at radius 2 is 1.90 bits per heavy atom. The van der Waals surface area contributed by atoms with E-state index in [4.69, 9.17) is 17.0 Å². The van der Waals surface area contributed by atoms with Crippen LogP contribution >= 0.6 is 12.2 Å². The highest BCUT2D eigenvalue weighted by atomic mass is 32.1. The summed E-state index contributed by atoms with van der Waals surface area (Å²) in [6.45, 7) is -0.124. The lowest BCUT2D eigenvalue weighted by Crippen LogP contribution is -2.20. The highest BCUT2D eigenvalue weighted by Crippen LogP contribution is 2.23. The third kappa shape index (κ3) is 4.01. The number of ether oxygens (including phenoxy) is 1. The van der Waals surface area contributed by atoms with Crippen LogP contribution in [0, 0.1) is 10.6 Å². The average Bonchev–Trinajstić information content (AvgIpc) is 3.36. The van der Waals surface area contributed by atoms with Gasteiger partial charge < -0.3 is 10.1 Å². The number of aromatic nitrogens is 4. The maximum absolute atomic E-state index is 13.4. The van der Waals surface area contributed by atoms with Gasteiger partial charge in [0.05, 0.1) is 7.11 Å². The van der Waals surface area contributed by atoms with Gasteiger partial charge in [-0.05, 0) is 54.7 Å². The molecule has 4 aromatic rings. The second-order valence-corrected chi connectivity index (χ2v) is 6.79. The van der Waals surface area contributed by atoms with Gasteiger partial charge in [0.2, 0.25) is 10.7 Å². The number of amides is 1. The molecule has 152 valence electrons. The topological polar surface area (TPSA) is 66.0 Å². The average molecular weight is 423 g/mol. The lowest BCUT2D eigenvalue weighted by Gasteiger charge is -2.08. The summed E-state index contributed by atoms with van der Waals surface area (Å²) in [6.07, 6.45) is 3.66. The van der Waals surface area contributed by atoms with E-state index in [0.717, 1.165) is 5.56 Å². The normalized spacial score (nSPS) is 10.7. The summed E-state index contributed by atoms with van der Waals surface area (Å²) in [5.41, 5.74) is 1.14. The Balaban J connectivity index is 1.70. The summed E-state index contributed by atoms with van der Waals surface area (Å²) in [4.78, 5) is 12.5. The van der Waals surface area contributed by atoms with Crippen LogP contribution in [0.3, 0.4) is 0 Å². The van der Waals surface area contributed by atoms with Crippen molar-refractivity contribution < 1.29 is 13.9 Å². The predicted molar refractivity (Wildman–Crippen MR) is 113 cm³/mol. The fraction of sp³-hybridized carbons (Fsp3) is 0.0952. The SMILES string of the molecule is COc1cccc(-c2nn(CC(=O)Nc3cccc(F)c3)c(=S)n2-n2cccc2)c1. The molecule has 0 aliphatic rings. The maximum Gasteiger partial charge on any atom is 0.246 e. The van der Waals surface area contributed by atoms with Crippen molar-refractivity contribution in [1.29, 1.82) is 0 Å². The van der Waals surface area contributed by atoms with E-state index in [-0.39, 0.29) is 12.5 Å². The molecule has 0 spiro atoms. The molecular formula is C21H18FN5O2S. The molecule has 4 rings (SSSR count). The lowest BCUT2D eigenvalue weighted by atomic mass is 10.2. The smallest absolute Gasteiger partial charge is 0.246 e. The Morgan fingerprint density at radius 3 is 2.63 bits per heavy atom. The van der Waals surface area contributed by atoms with Crippen molar-refractivity contribution in [3.05, 3.63) is 83.6 Å². The number of carbonyl (C=O) groups is 1. The van der Waals surface area contributed by atoms with Gasteiger partial charge in [-0.25, -0.2) is 13.7 Å². The van der Waals surface area contributed by atoms with Crippen LogP contribution in [0.4, 0.5) is 10.1 Å². The molecule has 0 aliphatic heterocycles. The number of nitrogens with zero attached hydrogens (tertiary/aromatic N) is 4. The fourth-order valence-electron chi connectivity index (χ4n) is 3.01. The third-order valence-corrected chi connectivity index (χ3v) is 4.75. The van der Waals surface area contributed by atoms with Crippen LogP contribution < -0.4 is 10.1 Å². The molecule has 0 unspecified atom stereocenters. The van der Waals surface area contributed by atoms with Crippen LogP contribution in [0.5, 0.6) is 5.75 Å². The Morgan fingerprint density at radius 1 is 1.13 bits per heavy atom. The first-order chi connectivity index (χ1) is 14.5. The minimum Gasteiger partial charge on any atom is -0.497 e. The van der Waals surface area contributed by atoms with Gasteiger partial charge in [-0.2, -0.15) is 0 Å². The number of carbonyl (C=O) groups excluding carboxylic acids is 1. The van der Waals surface area contributed by atoms with E-state index in [2.05, 4.69) is 10.4 Å². The van der Waals surface area contributed by atoms with Gasteiger partial charge >= 0.3 is 0 Å². The Bertz CT molecular complexity index is 1250. The molecular weight excluding hydrogens is 405 g/mol. The van der Waals surface area contributed by atoms with Gasteiger partial charge in [0.25, 0.3) is 0 Å². The monoisotopic (exact) mass is 423 g/mol. The summed E-state index contributed by atoms with van der Waals surface area (Å²) in [5.74, 6) is 0.428. The van der Waals surface area contributed by atoms with Gasteiger partial charge in [-0.15, -0.1) is 5.10 Å². The molecule has 2 aromatic carbocycles. The van der Waals surface area contributed by atoms with Crippen molar-refractivity contribution >= 4 is 23.8 Å². The zero-order valence-corrected chi connectivity index (χ0v) is 16.8. The summed E-state index contributed by atoms with van der Waals surface area (Å²) < 4.78 is 23.9.